The summed E-state index contributed by atoms with van der Waals surface area (Å²) >= 11 is 3.36. The fourth-order valence-electron chi connectivity index (χ4n) is 2.44. The summed E-state index contributed by atoms with van der Waals surface area (Å²) in [5.41, 5.74) is 0. The van der Waals surface area contributed by atoms with Gasteiger partial charge >= 0.3 is 0 Å². The molecular formula is C13H23N3S2. The van der Waals surface area contributed by atoms with Crippen LogP contribution in [-0.4, -0.2) is 27.7 Å². The lowest BCUT2D eigenvalue weighted by Crippen LogP contribution is -2.38. The van der Waals surface area contributed by atoms with Crippen LogP contribution in [0.1, 0.15) is 45.4 Å². The minimum Gasteiger partial charge on any atom is -0.313 e. The molecule has 0 amide bonds. The topological polar surface area (TPSA) is 37.8 Å². The van der Waals surface area contributed by atoms with E-state index in [0.29, 0.717) is 0 Å². The van der Waals surface area contributed by atoms with Crippen LogP contribution in [0, 0.1) is 5.92 Å². The van der Waals surface area contributed by atoms with Gasteiger partial charge in [-0.2, -0.15) is 4.37 Å². The Hall–Kier alpha value is -0.130. The first-order valence-electron chi connectivity index (χ1n) is 6.98. The first-order chi connectivity index (χ1) is 8.79. The zero-order valence-corrected chi connectivity index (χ0v) is 12.9. The average molecular weight is 285 g/mol. The number of hydrogen-bond acceptors (Lipinski definition) is 5. The van der Waals surface area contributed by atoms with Gasteiger partial charge in [-0.05, 0) is 30.3 Å². The highest BCUT2D eigenvalue weighted by Gasteiger charge is 2.20. The van der Waals surface area contributed by atoms with Gasteiger partial charge in [-0.3, -0.25) is 0 Å². The van der Waals surface area contributed by atoms with Crippen LogP contribution in [0.4, 0.5) is 0 Å². The van der Waals surface area contributed by atoms with Crippen molar-refractivity contribution in [2.24, 2.45) is 5.92 Å². The van der Waals surface area contributed by atoms with Crippen LogP contribution in [0.2, 0.25) is 0 Å². The van der Waals surface area contributed by atoms with Crippen molar-refractivity contribution in [3.05, 3.63) is 5.82 Å². The predicted octanol–water partition coefficient (Wildman–Crippen LogP) is 3.36. The van der Waals surface area contributed by atoms with Gasteiger partial charge in [0, 0.05) is 24.8 Å². The zero-order chi connectivity index (χ0) is 12.8. The first kappa shape index (κ1) is 14.3. The molecule has 0 radical (unpaired) electrons. The third-order valence-corrected chi connectivity index (χ3v) is 5.48. The largest absolute Gasteiger partial charge is 0.313 e. The van der Waals surface area contributed by atoms with E-state index >= 15 is 0 Å². The summed E-state index contributed by atoms with van der Waals surface area (Å²) in [6.45, 7) is 5.56. The number of thioether (sulfide) groups is 1. The van der Waals surface area contributed by atoms with E-state index in [4.69, 9.17) is 0 Å². The van der Waals surface area contributed by atoms with Crippen molar-refractivity contribution >= 4 is 23.3 Å². The number of aromatic nitrogens is 2. The minimum atomic E-state index is 0.736. The summed E-state index contributed by atoms with van der Waals surface area (Å²) in [5.74, 6) is 2.93. The fraction of sp³-hybridized carbons (Fsp3) is 0.846. The van der Waals surface area contributed by atoms with Gasteiger partial charge in [0.2, 0.25) is 0 Å². The molecule has 1 aliphatic carbocycles. The predicted molar refractivity (Wildman–Crippen MR) is 79.4 cm³/mol. The summed E-state index contributed by atoms with van der Waals surface area (Å²) in [6.07, 6.45) is 6.49. The molecule has 1 aliphatic rings. The second-order valence-electron chi connectivity index (χ2n) is 5.00. The summed E-state index contributed by atoms with van der Waals surface area (Å²) in [5, 5.41) is 3.70. The first-order valence-corrected chi connectivity index (χ1v) is 8.74. The molecule has 0 aliphatic heterocycles. The molecule has 0 aromatic carbocycles. The van der Waals surface area contributed by atoms with Crippen molar-refractivity contribution in [2.75, 3.05) is 12.3 Å². The maximum absolute atomic E-state index is 4.47. The Morgan fingerprint density at radius 2 is 2.22 bits per heavy atom. The van der Waals surface area contributed by atoms with Gasteiger partial charge in [0.15, 0.2) is 4.34 Å². The van der Waals surface area contributed by atoms with Crippen molar-refractivity contribution in [2.45, 2.75) is 56.3 Å². The minimum absolute atomic E-state index is 0.736. The molecule has 1 heterocycles. The van der Waals surface area contributed by atoms with Crippen LogP contribution in [0.25, 0.3) is 0 Å². The summed E-state index contributed by atoms with van der Waals surface area (Å²) in [7, 11) is 0. The monoisotopic (exact) mass is 285 g/mol. The van der Waals surface area contributed by atoms with Crippen molar-refractivity contribution in [3.8, 4) is 0 Å². The van der Waals surface area contributed by atoms with Gasteiger partial charge in [0.05, 0.1) is 0 Å². The van der Waals surface area contributed by atoms with Crippen LogP contribution in [0.15, 0.2) is 4.34 Å². The Balaban J connectivity index is 1.63. The van der Waals surface area contributed by atoms with E-state index in [-0.39, 0.29) is 0 Å². The number of nitrogens with zero attached hydrogens (tertiary/aromatic N) is 2. The second kappa shape index (κ2) is 7.46. The maximum atomic E-state index is 4.47. The smallest absolute Gasteiger partial charge is 0.170 e. The fourth-order valence-corrected chi connectivity index (χ4v) is 4.08. The molecule has 2 rings (SSSR count). The van der Waals surface area contributed by atoms with E-state index in [0.717, 1.165) is 40.8 Å². The number of rotatable bonds is 6. The quantitative estimate of drug-likeness (QED) is 0.642. The summed E-state index contributed by atoms with van der Waals surface area (Å²) < 4.78 is 5.42. The Kier molecular flexibility index (Phi) is 5.92. The van der Waals surface area contributed by atoms with Crippen LogP contribution < -0.4 is 5.32 Å². The van der Waals surface area contributed by atoms with Crippen LogP contribution in [-0.2, 0) is 6.42 Å². The van der Waals surface area contributed by atoms with E-state index < -0.39 is 0 Å². The average Bonchev–Trinajstić information content (AvgIpc) is 2.84. The Bertz CT molecular complexity index is 354. The summed E-state index contributed by atoms with van der Waals surface area (Å²) in [6, 6.07) is 0.736. The normalized spacial score (nSPS) is 24.3. The molecular weight excluding hydrogens is 262 g/mol. The van der Waals surface area contributed by atoms with Crippen LogP contribution in [0.5, 0.6) is 0 Å². The standard InChI is InChI=1S/C13H23N3S2/c1-3-12-15-13(18-16-12)17-9-8-14-11-7-5-4-6-10(11)2/h10-11,14H,3-9H2,1-2H3. The molecule has 1 N–H and O–H groups in total. The molecule has 0 spiro atoms. The SMILES string of the molecule is CCc1nsc(SCCNC2CCCCC2C)n1. The molecule has 1 fully saturated rings. The van der Waals surface area contributed by atoms with E-state index in [1.807, 2.05) is 11.8 Å². The molecule has 3 nitrogen and oxygen atoms in total. The Labute approximate surface area is 118 Å². The van der Waals surface area contributed by atoms with Gasteiger partial charge in [0.25, 0.3) is 0 Å². The van der Waals surface area contributed by atoms with E-state index in [2.05, 4.69) is 28.5 Å². The van der Waals surface area contributed by atoms with Crippen molar-refractivity contribution in [3.63, 3.8) is 0 Å². The molecule has 1 saturated carbocycles. The molecule has 102 valence electrons. The van der Waals surface area contributed by atoms with Gasteiger partial charge in [-0.1, -0.05) is 38.5 Å². The highest BCUT2D eigenvalue weighted by molar-refractivity contribution is 8.00. The molecule has 2 atom stereocenters. The van der Waals surface area contributed by atoms with Gasteiger partial charge in [-0.25, -0.2) is 4.98 Å². The molecule has 0 saturated heterocycles. The maximum Gasteiger partial charge on any atom is 0.170 e. The number of hydrogen-bond donors (Lipinski definition) is 1. The van der Waals surface area contributed by atoms with Crippen LogP contribution >= 0.6 is 23.3 Å². The van der Waals surface area contributed by atoms with Crippen molar-refractivity contribution < 1.29 is 0 Å². The van der Waals surface area contributed by atoms with E-state index in [9.17, 15) is 0 Å². The Morgan fingerprint density at radius 3 is 2.94 bits per heavy atom. The third-order valence-electron chi connectivity index (χ3n) is 3.61. The second-order valence-corrected chi connectivity index (χ2v) is 7.09. The highest BCUT2D eigenvalue weighted by atomic mass is 32.2. The molecule has 2 unspecified atom stereocenters. The molecule has 0 bridgehead atoms. The van der Waals surface area contributed by atoms with Gasteiger partial charge in [-0.15, -0.1) is 0 Å². The van der Waals surface area contributed by atoms with Crippen molar-refractivity contribution in [1.29, 1.82) is 0 Å². The third kappa shape index (κ3) is 4.21. The van der Waals surface area contributed by atoms with E-state index in [1.165, 1.54) is 37.2 Å². The van der Waals surface area contributed by atoms with Gasteiger partial charge in [0.1, 0.15) is 5.82 Å². The molecule has 18 heavy (non-hydrogen) atoms. The number of aryl methyl sites for hydroxylation is 1. The van der Waals surface area contributed by atoms with Crippen molar-refractivity contribution in [1.82, 2.24) is 14.7 Å². The molecule has 5 heteroatoms. The lowest BCUT2D eigenvalue weighted by molar-refractivity contribution is 0.285. The highest BCUT2D eigenvalue weighted by Crippen LogP contribution is 2.24. The van der Waals surface area contributed by atoms with Gasteiger partial charge < -0.3 is 5.32 Å². The zero-order valence-electron chi connectivity index (χ0n) is 11.3. The van der Waals surface area contributed by atoms with E-state index in [1.54, 1.807) is 0 Å². The lowest BCUT2D eigenvalue weighted by Gasteiger charge is -2.29. The lowest BCUT2D eigenvalue weighted by atomic mass is 9.86. The number of nitrogens with one attached hydrogen (secondary N) is 1. The van der Waals surface area contributed by atoms with Crippen LogP contribution in [0.3, 0.4) is 0 Å². The molecule has 1 aromatic heterocycles. The summed E-state index contributed by atoms with van der Waals surface area (Å²) in [4.78, 5) is 4.47. The molecule has 1 aromatic rings. The Morgan fingerprint density at radius 1 is 1.39 bits per heavy atom.